The van der Waals surface area contributed by atoms with Crippen molar-refractivity contribution in [3.05, 3.63) is 71.9 Å². The summed E-state index contributed by atoms with van der Waals surface area (Å²) in [5.74, 6) is 1.68. The van der Waals surface area contributed by atoms with Crippen LogP contribution in [0.15, 0.2) is 60.7 Å². The first-order valence-electron chi connectivity index (χ1n) is 8.65. The van der Waals surface area contributed by atoms with Crippen molar-refractivity contribution in [1.29, 1.82) is 0 Å². The average Bonchev–Trinajstić information content (AvgIpc) is 2.97. The lowest BCUT2D eigenvalue weighted by atomic mass is 10.1. The van der Waals surface area contributed by atoms with Crippen molar-refractivity contribution < 1.29 is 0 Å². The third kappa shape index (κ3) is 2.84. The molecular weight excluding hydrogens is 308 g/mol. The summed E-state index contributed by atoms with van der Waals surface area (Å²) in [6.45, 7) is 4.26. The summed E-state index contributed by atoms with van der Waals surface area (Å²) < 4.78 is 0. The minimum absolute atomic E-state index is 0.356. The van der Waals surface area contributed by atoms with Crippen LogP contribution in [0.25, 0.3) is 0 Å². The van der Waals surface area contributed by atoms with E-state index in [0.29, 0.717) is 6.04 Å². The van der Waals surface area contributed by atoms with Crippen molar-refractivity contribution in [3.8, 4) is 0 Å². The van der Waals surface area contributed by atoms with Gasteiger partial charge in [-0.1, -0.05) is 36.4 Å². The Kier molecular flexibility index (Phi) is 3.88. The molecule has 0 spiro atoms. The smallest absolute Gasteiger partial charge is 0.232 e. The molecular formula is C21H22N4. The molecule has 25 heavy (non-hydrogen) atoms. The van der Waals surface area contributed by atoms with E-state index in [-0.39, 0.29) is 0 Å². The second-order valence-corrected chi connectivity index (χ2v) is 6.61. The molecule has 0 bridgehead atoms. The van der Waals surface area contributed by atoms with Gasteiger partial charge in [0.15, 0.2) is 0 Å². The van der Waals surface area contributed by atoms with Crippen molar-refractivity contribution in [2.45, 2.75) is 26.3 Å². The van der Waals surface area contributed by atoms with Crippen molar-refractivity contribution in [3.63, 3.8) is 0 Å². The van der Waals surface area contributed by atoms with Gasteiger partial charge >= 0.3 is 0 Å². The van der Waals surface area contributed by atoms with Gasteiger partial charge in [-0.25, -0.2) is 4.98 Å². The summed E-state index contributed by atoms with van der Waals surface area (Å²) in [7, 11) is 2.04. The largest absolute Gasteiger partial charge is 0.329 e. The molecule has 4 nitrogen and oxygen atoms in total. The van der Waals surface area contributed by atoms with E-state index in [4.69, 9.17) is 9.97 Å². The minimum atomic E-state index is 0.356. The van der Waals surface area contributed by atoms with Crippen molar-refractivity contribution >= 4 is 23.1 Å². The number of nitrogens with zero attached hydrogens (tertiary/aromatic N) is 4. The fraction of sp³-hybridized carbons (Fsp3) is 0.238. The molecule has 1 atom stereocenters. The standard InChI is InChI=1S/C21H22N4/c1-15-13-20(24(3)18-10-5-4-6-11-18)23-21(22-15)25-16(2)14-17-9-7-8-12-19(17)25/h4-13,16H,14H2,1-3H3. The van der Waals surface area contributed by atoms with Crippen molar-refractivity contribution in [1.82, 2.24) is 9.97 Å². The van der Waals surface area contributed by atoms with Crippen LogP contribution in [0, 0.1) is 6.92 Å². The number of hydrogen-bond donors (Lipinski definition) is 0. The van der Waals surface area contributed by atoms with Crippen LogP contribution in [-0.4, -0.2) is 23.1 Å². The Labute approximate surface area is 148 Å². The van der Waals surface area contributed by atoms with E-state index in [1.54, 1.807) is 0 Å². The molecule has 0 fully saturated rings. The molecule has 0 saturated carbocycles. The first-order chi connectivity index (χ1) is 12.1. The Morgan fingerprint density at radius 1 is 1.00 bits per heavy atom. The molecule has 0 aliphatic carbocycles. The zero-order valence-corrected chi connectivity index (χ0v) is 14.8. The normalized spacial score (nSPS) is 16.0. The maximum atomic E-state index is 4.88. The van der Waals surface area contributed by atoms with E-state index in [1.807, 2.05) is 38.2 Å². The van der Waals surface area contributed by atoms with Crippen LogP contribution in [0.3, 0.4) is 0 Å². The van der Waals surface area contributed by atoms with Gasteiger partial charge in [-0.2, -0.15) is 4.98 Å². The number of benzene rings is 2. The fourth-order valence-electron chi connectivity index (χ4n) is 3.47. The highest BCUT2D eigenvalue weighted by Crippen LogP contribution is 2.37. The van der Waals surface area contributed by atoms with Crippen molar-refractivity contribution in [2.75, 3.05) is 16.8 Å². The highest BCUT2D eigenvalue weighted by molar-refractivity contribution is 5.69. The number of para-hydroxylation sites is 2. The third-order valence-electron chi connectivity index (χ3n) is 4.74. The lowest BCUT2D eigenvalue weighted by Crippen LogP contribution is -2.26. The first-order valence-corrected chi connectivity index (χ1v) is 8.65. The Morgan fingerprint density at radius 3 is 2.52 bits per heavy atom. The van der Waals surface area contributed by atoms with E-state index < -0.39 is 0 Å². The number of anilines is 4. The fourth-order valence-corrected chi connectivity index (χ4v) is 3.47. The lowest BCUT2D eigenvalue weighted by Gasteiger charge is -2.25. The van der Waals surface area contributed by atoms with Gasteiger partial charge in [-0.15, -0.1) is 0 Å². The van der Waals surface area contributed by atoms with Gasteiger partial charge in [0.05, 0.1) is 0 Å². The molecule has 3 aromatic rings. The van der Waals surface area contributed by atoms with E-state index >= 15 is 0 Å². The third-order valence-corrected chi connectivity index (χ3v) is 4.74. The van der Waals surface area contributed by atoms with Gasteiger partial charge in [0.1, 0.15) is 5.82 Å². The Balaban J connectivity index is 1.76. The summed E-state index contributed by atoms with van der Waals surface area (Å²) >= 11 is 0. The minimum Gasteiger partial charge on any atom is -0.329 e. The summed E-state index contributed by atoms with van der Waals surface area (Å²) in [6.07, 6.45) is 1.03. The van der Waals surface area contributed by atoms with Gasteiger partial charge in [0.2, 0.25) is 5.95 Å². The lowest BCUT2D eigenvalue weighted by molar-refractivity contribution is 0.737. The van der Waals surface area contributed by atoms with Crippen LogP contribution >= 0.6 is 0 Å². The molecule has 4 rings (SSSR count). The monoisotopic (exact) mass is 330 g/mol. The number of fused-ring (bicyclic) bond motifs is 1. The van der Waals surface area contributed by atoms with E-state index in [0.717, 1.165) is 29.6 Å². The molecule has 1 aliphatic heterocycles. The summed E-state index contributed by atoms with van der Waals surface area (Å²) in [4.78, 5) is 14.0. The highest BCUT2D eigenvalue weighted by atomic mass is 15.3. The first kappa shape index (κ1) is 15.6. The molecule has 0 amide bonds. The van der Waals surface area contributed by atoms with Crippen LogP contribution in [0.1, 0.15) is 18.2 Å². The molecule has 4 heteroatoms. The van der Waals surface area contributed by atoms with E-state index in [2.05, 4.69) is 53.1 Å². The van der Waals surface area contributed by atoms with Gasteiger partial charge in [0, 0.05) is 36.2 Å². The highest BCUT2D eigenvalue weighted by Gasteiger charge is 2.29. The number of hydrogen-bond acceptors (Lipinski definition) is 4. The number of rotatable bonds is 3. The predicted octanol–water partition coefficient (Wildman–Crippen LogP) is 4.64. The average molecular weight is 330 g/mol. The zero-order chi connectivity index (χ0) is 17.4. The number of aryl methyl sites for hydroxylation is 1. The SMILES string of the molecule is Cc1cc(N(C)c2ccccc2)nc(N2c3ccccc3CC2C)n1. The summed E-state index contributed by atoms with van der Waals surface area (Å²) in [5, 5.41) is 0. The quantitative estimate of drug-likeness (QED) is 0.700. The van der Waals surface area contributed by atoms with Gasteiger partial charge < -0.3 is 9.80 Å². The maximum absolute atomic E-state index is 4.88. The van der Waals surface area contributed by atoms with Crippen LogP contribution in [0.5, 0.6) is 0 Å². The van der Waals surface area contributed by atoms with Crippen LogP contribution < -0.4 is 9.80 Å². The summed E-state index contributed by atoms with van der Waals surface area (Å²) in [5.41, 5.74) is 4.66. The Bertz CT molecular complexity index is 891. The Morgan fingerprint density at radius 2 is 1.72 bits per heavy atom. The molecule has 126 valence electrons. The molecule has 1 aromatic heterocycles. The second kappa shape index (κ2) is 6.20. The molecule has 1 unspecified atom stereocenters. The molecule has 2 heterocycles. The van der Waals surface area contributed by atoms with Crippen LogP contribution in [-0.2, 0) is 6.42 Å². The van der Waals surface area contributed by atoms with Gasteiger partial charge in [-0.3, -0.25) is 0 Å². The Hall–Kier alpha value is -2.88. The molecule has 0 saturated heterocycles. The number of aromatic nitrogens is 2. The van der Waals surface area contributed by atoms with E-state index in [9.17, 15) is 0 Å². The molecule has 1 aliphatic rings. The van der Waals surface area contributed by atoms with Gasteiger partial charge in [0.25, 0.3) is 0 Å². The molecule has 0 N–H and O–H groups in total. The second-order valence-electron chi connectivity index (χ2n) is 6.61. The topological polar surface area (TPSA) is 32.3 Å². The predicted molar refractivity (Wildman–Crippen MR) is 103 cm³/mol. The van der Waals surface area contributed by atoms with Crippen molar-refractivity contribution in [2.24, 2.45) is 0 Å². The van der Waals surface area contributed by atoms with E-state index in [1.165, 1.54) is 11.3 Å². The molecule has 2 aromatic carbocycles. The maximum Gasteiger partial charge on any atom is 0.232 e. The summed E-state index contributed by atoms with van der Waals surface area (Å²) in [6, 6.07) is 21.2. The molecule has 0 radical (unpaired) electrons. The van der Waals surface area contributed by atoms with Crippen LogP contribution in [0.2, 0.25) is 0 Å². The zero-order valence-electron chi connectivity index (χ0n) is 14.8. The van der Waals surface area contributed by atoms with Crippen LogP contribution in [0.4, 0.5) is 23.1 Å². The van der Waals surface area contributed by atoms with Gasteiger partial charge in [-0.05, 0) is 44.0 Å².